The summed E-state index contributed by atoms with van der Waals surface area (Å²) in [5.74, 6) is 0. The van der Waals surface area contributed by atoms with Crippen LogP contribution in [0, 0.1) is 0 Å². The van der Waals surface area contributed by atoms with Gasteiger partial charge < -0.3 is 10.4 Å². The molecule has 0 aromatic heterocycles. The van der Waals surface area contributed by atoms with Crippen LogP contribution in [0.4, 0.5) is 0 Å². The topological polar surface area (TPSA) is 32.3 Å². The lowest BCUT2D eigenvalue weighted by Gasteiger charge is -2.05. The second-order valence-electron chi connectivity index (χ2n) is 9.25. The Morgan fingerprint density at radius 2 is 0.655 bits per heavy atom. The van der Waals surface area contributed by atoms with Crippen LogP contribution in [0.25, 0.3) is 0 Å². The smallest absolute Gasteiger partial charge is 0.0431 e. The number of nitrogens with one attached hydrogen (secondary N) is 1. The highest BCUT2D eigenvalue weighted by Gasteiger charge is 1.95. The van der Waals surface area contributed by atoms with E-state index in [0.29, 0.717) is 6.61 Å². The summed E-state index contributed by atoms with van der Waals surface area (Å²) >= 11 is 0. The molecule has 0 heterocycles. The van der Waals surface area contributed by atoms with Crippen LogP contribution in [-0.2, 0) is 0 Å². The molecule has 0 atom stereocenters. The third-order valence-electron chi connectivity index (χ3n) is 6.22. The summed E-state index contributed by atoms with van der Waals surface area (Å²) in [6.45, 7) is 5.12. The summed E-state index contributed by atoms with van der Waals surface area (Å²) in [7, 11) is 0. The van der Waals surface area contributed by atoms with E-state index < -0.39 is 0 Å². The second-order valence-corrected chi connectivity index (χ2v) is 9.25. The van der Waals surface area contributed by atoms with Gasteiger partial charge in [0.05, 0.1) is 0 Å². The largest absolute Gasteiger partial charge is 0.396 e. The van der Waals surface area contributed by atoms with Gasteiger partial charge in [0.15, 0.2) is 0 Å². The van der Waals surface area contributed by atoms with Gasteiger partial charge in [-0.25, -0.2) is 0 Å². The lowest BCUT2D eigenvalue weighted by Crippen LogP contribution is -2.16. The standard InChI is InChI=1S/C27H57NO/c1-2-3-4-19-22-25-28-26-23-20-17-15-13-11-9-7-5-6-8-10-12-14-16-18-21-24-27-29/h28-29H,2-27H2,1H3. The molecule has 0 fully saturated rings. The van der Waals surface area contributed by atoms with E-state index >= 15 is 0 Å². The molecule has 2 N–H and O–H groups in total. The van der Waals surface area contributed by atoms with Crippen molar-refractivity contribution in [3.63, 3.8) is 0 Å². The normalized spacial score (nSPS) is 11.4. The van der Waals surface area contributed by atoms with E-state index in [1.54, 1.807) is 0 Å². The molecule has 0 aromatic rings. The molecule has 176 valence electrons. The number of hydrogen-bond acceptors (Lipinski definition) is 2. The quantitative estimate of drug-likeness (QED) is 0.140. The van der Waals surface area contributed by atoms with Gasteiger partial charge in [-0.3, -0.25) is 0 Å². The van der Waals surface area contributed by atoms with Crippen LogP contribution in [0.15, 0.2) is 0 Å². The Kier molecular flexibility index (Phi) is 27.8. The average Bonchev–Trinajstić information content (AvgIpc) is 2.74. The van der Waals surface area contributed by atoms with Crippen molar-refractivity contribution >= 4 is 0 Å². The summed E-state index contributed by atoms with van der Waals surface area (Å²) in [6.07, 6.45) is 32.0. The van der Waals surface area contributed by atoms with Crippen molar-refractivity contribution in [2.24, 2.45) is 0 Å². The number of rotatable bonds is 26. The highest BCUT2D eigenvalue weighted by molar-refractivity contribution is 4.53. The van der Waals surface area contributed by atoms with Crippen LogP contribution in [0.1, 0.15) is 155 Å². The highest BCUT2D eigenvalue weighted by atomic mass is 16.2. The van der Waals surface area contributed by atoms with Crippen molar-refractivity contribution in [2.75, 3.05) is 19.7 Å². The van der Waals surface area contributed by atoms with Crippen LogP contribution in [0.5, 0.6) is 0 Å². The summed E-state index contributed by atoms with van der Waals surface area (Å²) in [4.78, 5) is 0. The van der Waals surface area contributed by atoms with Crippen molar-refractivity contribution in [1.82, 2.24) is 5.32 Å². The molecular formula is C27H57NO. The first-order chi connectivity index (χ1) is 14.4. The lowest BCUT2D eigenvalue weighted by atomic mass is 10.0. The van der Waals surface area contributed by atoms with Gasteiger partial charge in [0.25, 0.3) is 0 Å². The third kappa shape index (κ3) is 27.9. The van der Waals surface area contributed by atoms with E-state index in [1.807, 2.05) is 0 Å². The summed E-state index contributed by atoms with van der Waals surface area (Å²) < 4.78 is 0. The maximum absolute atomic E-state index is 8.75. The van der Waals surface area contributed by atoms with Gasteiger partial charge in [-0.1, -0.05) is 135 Å². The molecule has 0 radical (unpaired) electrons. The molecule has 0 aliphatic heterocycles. The first-order valence-electron chi connectivity index (χ1n) is 13.7. The monoisotopic (exact) mass is 411 g/mol. The molecule has 0 saturated carbocycles. The molecule has 29 heavy (non-hydrogen) atoms. The Hall–Kier alpha value is -0.0800. The van der Waals surface area contributed by atoms with E-state index in [1.165, 1.54) is 154 Å². The molecule has 0 unspecified atom stereocenters. The molecule has 2 nitrogen and oxygen atoms in total. The first-order valence-corrected chi connectivity index (χ1v) is 13.7. The van der Waals surface area contributed by atoms with Gasteiger partial charge in [-0.2, -0.15) is 0 Å². The molecule has 0 aliphatic carbocycles. The van der Waals surface area contributed by atoms with Crippen LogP contribution in [-0.4, -0.2) is 24.8 Å². The van der Waals surface area contributed by atoms with Crippen molar-refractivity contribution in [3.05, 3.63) is 0 Å². The fourth-order valence-electron chi connectivity index (χ4n) is 4.17. The average molecular weight is 412 g/mol. The van der Waals surface area contributed by atoms with E-state index in [0.717, 1.165) is 6.42 Å². The fourth-order valence-corrected chi connectivity index (χ4v) is 4.17. The Bertz CT molecular complexity index is 243. The minimum Gasteiger partial charge on any atom is -0.396 e. The maximum atomic E-state index is 8.75. The lowest BCUT2D eigenvalue weighted by molar-refractivity contribution is 0.282. The molecule has 2 heteroatoms. The predicted octanol–water partition coefficient (Wildman–Crippen LogP) is 8.56. The minimum atomic E-state index is 0.372. The number of unbranched alkanes of at least 4 members (excludes halogenated alkanes) is 21. The van der Waals surface area contributed by atoms with Crippen LogP contribution in [0.2, 0.25) is 0 Å². The number of aliphatic hydroxyl groups is 1. The first kappa shape index (κ1) is 28.9. The summed E-state index contributed by atoms with van der Waals surface area (Å²) in [6, 6.07) is 0. The zero-order valence-corrected chi connectivity index (χ0v) is 20.3. The van der Waals surface area contributed by atoms with Gasteiger partial charge in [0, 0.05) is 6.61 Å². The SMILES string of the molecule is CCCCCCCNCCCCCCCCCCCCCCCCCCCCO. The van der Waals surface area contributed by atoms with Gasteiger partial charge in [0.2, 0.25) is 0 Å². The van der Waals surface area contributed by atoms with Crippen LogP contribution >= 0.6 is 0 Å². The zero-order chi connectivity index (χ0) is 21.1. The van der Waals surface area contributed by atoms with Crippen LogP contribution < -0.4 is 5.32 Å². The van der Waals surface area contributed by atoms with E-state index in [4.69, 9.17) is 5.11 Å². The Morgan fingerprint density at radius 1 is 0.379 bits per heavy atom. The number of aliphatic hydroxyl groups excluding tert-OH is 1. The van der Waals surface area contributed by atoms with Crippen molar-refractivity contribution in [1.29, 1.82) is 0 Å². The molecule has 0 aromatic carbocycles. The maximum Gasteiger partial charge on any atom is 0.0431 e. The van der Waals surface area contributed by atoms with E-state index in [2.05, 4.69) is 12.2 Å². The van der Waals surface area contributed by atoms with Crippen molar-refractivity contribution in [3.8, 4) is 0 Å². The molecule has 0 aliphatic rings. The Balaban J connectivity index is 2.97. The van der Waals surface area contributed by atoms with Crippen molar-refractivity contribution in [2.45, 2.75) is 155 Å². The molecule has 0 spiro atoms. The predicted molar refractivity (Wildman–Crippen MR) is 132 cm³/mol. The second kappa shape index (κ2) is 27.9. The van der Waals surface area contributed by atoms with E-state index in [9.17, 15) is 0 Å². The molecular weight excluding hydrogens is 354 g/mol. The minimum absolute atomic E-state index is 0.372. The molecule has 0 saturated heterocycles. The van der Waals surface area contributed by atoms with Gasteiger partial charge in [-0.05, 0) is 32.4 Å². The third-order valence-corrected chi connectivity index (χ3v) is 6.22. The Morgan fingerprint density at radius 3 is 0.966 bits per heavy atom. The fraction of sp³-hybridized carbons (Fsp3) is 1.00. The molecule has 0 amide bonds. The zero-order valence-electron chi connectivity index (χ0n) is 20.3. The van der Waals surface area contributed by atoms with Crippen molar-refractivity contribution < 1.29 is 5.11 Å². The summed E-state index contributed by atoms with van der Waals surface area (Å²) in [5.41, 5.74) is 0. The molecule has 0 bridgehead atoms. The highest BCUT2D eigenvalue weighted by Crippen LogP contribution is 2.14. The van der Waals surface area contributed by atoms with Gasteiger partial charge in [-0.15, -0.1) is 0 Å². The molecule has 0 rings (SSSR count). The van der Waals surface area contributed by atoms with Gasteiger partial charge in [0.1, 0.15) is 0 Å². The van der Waals surface area contributed by atoms with E-state index in [-0.39, 0.29) is 0 Å². The Labute approximate surface area is 185 Å². The summed E-state index contributed by atoms with van der Waals surface area (Å²) in [5, 5.41) is 12.4. The van der Waals surface area contributed by atoms with Crippen LogP contribution in [0.3, 0.4) is 0 Å². The van der Waals surface area contributed by atoms with Gasteiger partial charge >= 0.3 is 0 Å². The number of hydrogen-bond donors (Lipinski definition) is 2.